The number of aryl methyl sites for hydroxylation is 1. The molecule has 3 aromatic rings. The third-order valence-electron chi connectivity index (χ3n) is 3.65. The Balaban J connectivity index is 1.55. The van der Waals surface area contributed by atoms with E-state index in [1.54, 1.807) is 6.07 Å². The maximum atomic E-state index is 12.3. The number of carbonyl (C=O) groups is 1. The smallest absolute Gasteiger partial charge is 0.257 e. The molecule has 0 spiro atoms. The lowest BCUT2D eigenvalue weighted by Gasteiger charge is -2.03. The second-order valence-corrected chi connectivity index (χ2v) is 6.23. The molecular formula is C17H13N3O3S. The molecule has 4 rings (SSSR count). The van der Waals surface area contributed by atoms with Crippen molar-refractivity contribution in [1.29, 1.82) is 0 Å². The second kappa shape index (κ2) is 5.93. The van der Waals surface area contributed by atoms with Crippen molar-refractivity contribution in [2.24, 2.45) is 0 Å². The lowest BCUT2D eigenvalue weighted by Crippen LogP contribution is -2.12. The quantitative estimate of drug-likeness (QED) is 0.791. The number of rotatable bonds is 3. The molecule has 2 heterocycles. The van der Waals surface area contributed by atoms with E-state index in [0.717, 1.165) is 16.9 Å². The number of nitrogens with one attached hydrogen (secondary N) is 1. The van der Waals surface area contributed by atoms with Crippen molar-refractivity contribution in [3.8, 4) is 22.1 Å². The number of amides is 1. The fourth-order valence-corrected chi connectivity index (χ4v) is 3.15. The SMILES string of the molecule is Cc1ccccc1C(=O)Nc1nnc(-c2ccc3c(c2)OCO3)s1. The number of hydrogen-bond donors (Lipinski definition) is 1. The van der Waals surface area contributed by atoms with Crippen LogP contribution in [0.25, 0.3) is 10.6 Å². The van der Waals surface area contributed by atoms with Crippen LogP contribution in [0.4, 0.5) is 5.13 Å². The van der Waals surface area contributed by atoms with E-state index in [1.807, 2.05) is 43.3 Å². The lowest BCUT2D eigenvalue weighted by molar-refractivity contribution is 0.102. The molecule has 1 N–H and O–H groups in total. The summed E-state index contributed by atoms with van der Waals surface area (Å²) in [5.74, 6) is 1.21. The average Bonchev–Trinajstić information content (AvgIpc) is 3.23. The fourth-order valence-electron chi connectivity index (χ4n) is 2.41. The zero-order chi connectivity index (χ0) is 16.5. The van der Waals surface area contributed by atoms with Gasteiger partial charge in [0.2, 0.25) is 11.9 Å². The van der Waals surface area contributed by atoms with Gasteiger partial charge in [0.1, 0.15) is 5.01 Å². The van der Waals surface area contributed by atoms with Gasteiger partial charge in [0.25, 0.3) is 5.91 Å². The van der Waals surface area contributed by atoms with Crippen molar-refractivity contribution in [1.82, 2.24) is 10.2 Å². The third-order valence-corrected chi connectivity index (χ3v) is 4.54. The standard InChI is InChI=1S/C17H13N3O3S/c1-10-4-2-3-5-12(10)15(21)18-17-20-19-16(24-17)11-6-7-13-14(8-11)23-9-22-13/h2-8H,9H2,1H3,(H,18,20,21). The third kappa shape index (κ3) is 2.69. The van der Waals surface area contributed by atoms with Crippen molar-refractivity contribution >= 4 is 22.4 Å². The highest BCUT2D eigenvalue weighted by molar-refractivity contribution is 7.18. The molecule has 1 aromatic heterocycles. The second-order valence-electron chi connectivity index (χ2n) is 5.25. The number of carbonyl (C=O) groups excluding carboxylic acids is 1. The van der Waals surface area contributed by atoms with Crippen molar-refractivity contribution in [3.05, 3.63) is 53.6 Å². The van der Waals surface area contributed by atoms with Crippen molar-refractivity contribution in [2.45, 2.75) is 6.92 Å². The highest BCUT2D eigenvalue weighted by Gasteiger charge is 2.17. The molecule has 0 bridgehead atoms. The van der Waals surface area contributed by atoms with Gasteiger partial charge < -0.3 is 9.47 Å². The van der Waals surface area contributed by atoms with Gasteiger partial charge in [-0.1, -0.05) is 29.5 Å². The van der Waals surface area contributed by atoms with Crippen molar-refractivity contribution in [3.63, 3.8) is 0 Å². The van der Waals surface area contributed by atoms with Gasteiger partial charge in [0.15, 0.2) is 11.5 Å². The summed E-state index contributed by atoms with van der Waals surface area (Å²) in [6.45, 7) is 2.12. The Morgan fingerprint density at radius 2 is 1.96 bits per heavy atom. The first-order valence-corrected chi connectivity index (χ1v) is 8.13. The summed E-state index contributed by atoms with van der Waals surface area (Å²) in [6, 6.07) is 13.0. The van der Waals surface area contributed by atoms with Crippen LogP contribution in [0, 0.1) is 6.92 Å². The molecule has 0 unspecified atom stereocenters. The Labute approximate surface area is 142 Å². The van der Waals surface area contributed by atoms with E-state index in [1.165, 1.54) is 11.3 Å². The maximum absolute atomic E-state index is 12.3. The van der Waals surface area contributed by atoms with Gasteiger partial charge in [-0.25, -0.2) is 0 Å². The molecule has 24 heavy (non-hydrogen) atoms. The predicted molar refractivity (Wildman–Crippen MR) is 90.6 cm³/mol. The van der Waals surface area contributed by atoms with Crippen LogP contribution >= 0.6 is 11.3 Å². The molecule has 0 saturated heterocycles. The minimum absolute atomic E-state index is 0.193. The van der Waals surface area contributed by atoms with Gasteiger partial charge >= 0.3 is 0 Å². The van der Waals surface area contributed by atoms with E-state index in [2.05, 4.69) is 15.5 Å². The average molecular weight is 339 g/mol. The molecule has 1 aliphatic heterocycles. The topological polar surface area (TPSA) is 73.3 Å². The van der Waals surface area contributed by atoms with Crippen LogP contribution in [0.5, 0.6) is 11.5 Å². The van der Waals surface area contributed by atoms with Gasteiger partial charge in [-0.15, -0.1) is 10.2 Å². The van der Waals surface area contributed by atoms with Crippen LogP contribution < -0.4 is 14.8 Å². The number of anilines is 1. The molecule has 0 atom stereocenters. The van der Waals surface area contributed by atoms with Gasteiger partial charge in [0.05, 0.1) is 0 Å². The monoisotopic (exact) mass is 339 g/mol. The lowest BCUT2D eigenvalue weighted by atomic mass is 10.1. The highest BCUT2D eigenvalue weighted by atomic mass is 32.1. The number of benzene rings is 2. The summed E-state index contributed by atoms with van der Waals surface area (Å²) >= 11 is 1.31. The summed E-state index contributed by atoms with van der Waals surface area (Å²) in [7, 11) is 0. The van der Waals surface area contributed by atoms with Gasteiger partial charge in [0, 0.05) is 11.1 Å². The minimum Gasteiger partial charge on any atom is -0.454 e. The van der Waals surface area contributed by atoms with Gasteiger partial charge in [-0.2, -0.15) is 0 Å². The van der Waals surface area contributed by atoms with E-state index >= 15 is 0 Å². The number of fused-ring (bicyclic) bond motifs is 1. The van der Waals surface area contributed by atoms with Crippen LogP contribution in [-0.2, 0) is 0 Å². The molecule has 7 heteroatoms. The van der Waals surface area contributed by atoms with E-state index in [4.69, 9.17) is 9.47 Å². The molecule has 1 amide bonds. The van der Waals surface area contributed by atoms with Crippen LogP contribution in [0.3, 0.4) is 0 Å². The highest BCUT2D eigenvalue weighted by Crippen LogP contribution is 2.37. The first-order chi connectivity index (χ1) is 11.7. The van der Waals surface area contributed by atoms with E-state index in [-0.39, 0.29) is 12.7 Å². The molecule has 0 aliphatic carbocycles. The van der Waals surface area contributed by atoms with Crippen LogP contribution in [0.2, 0.25) is 0 Å². The zero-order valence-electron chi connectivity index (χ0n) is 12.8. The Morgan fingerprint density at radius 1 is 1.12 bits per heavy atom. The summed E-state index contributed by atoms with van der Waals surface area (Å²) in [4.78, 5) is 12.3. The van der Waals surface area contributed by atoms with Crippen molar-refractivity contribution < 1.29 is 14.3 Å². The minimum atomic E-state index is -0.193. The molecule has 0 fully saturated rings. The Kier molecular flexibility index (Phi) is 3.62. The molecule has 0 radical (unpaired) electrons. The largest absolute Gasteiger partial charge is 0.454 e. The summed E-state index contributed by atoms with van der Waals surface area (Å²) in [6.07, 6.45) is 0. The van der Waals surface area contributed by atoms with Crippen LogP contribution in [0.15, 0.2) is 42.5 Å². The van der Waals surface area contributed by atoms with E-state index < -0.39 is 0 Å². The number of nitrogens with zero attached hydrogens (tertiary/aromatic N) is 2. The van der Waals surface area contributed by atoms with Gasteiger partial charge in [-0.3, -0.25) is 10.1 Å². The predicted octanol–water partition coefficient (Wildman–Crippen LogP) is 3.49. The fraction of sp³-hybridized carbons (Fsp3) is 0.118. The van der Waals surface area contributed by atoms with Crippen molar-refractivity contribution in [2.75, 3.05) is 12.1 Å². The number of aromatic nitrogens is 2. The number of ether oxygens (including phenoxy) is 2. The first-order valence-electron chi connectivity index (χ1n) is 7.31. The summed E-state index contributed by atoms with van der Waals surface area (Å²) < 4.78 is 10.7. The Bertz CT molecular complexity index is 923. The van der Waals surface area contributed by atoms with Crippen LogP contribution in [-0.4, -0.2) is 22.9 Å². The summed E-state index contributed by atoms with van der Waals surface area (Å²) in [5.41, 5.74) is 2.40. The van der Waals surface area contributed by atoms with Crippen LogP contribution in [0.1, 0.15) is 15.9 Å². The first kappa shape index (κ1) is 14.6. The zero-order valence-corrected chi connectivity index (χ0v) is 13.6. The molecule has 2 aromatic carbocycles. The molecule has 1 aliphatic rings. The maximum Gasteiger partial charge on any atom is 0.257 e. The molecular weight excluding hydrogens is 326 g/mol. The van der Waals surface area contributed by atoms with Gasteiger partial charge in [-0.05, 0) is 36.8 Å². The Morgan fingerprint density at radius 3 is 2.83 bits per heavy atom. The number of hydrogen-bond acceptors (Lipinski definition) is 6. The summed E-state index contributed by atoms with van der Waals surface area (Å²) in [5, 5.41) is 12.1. The van der Waals surface area contributed by atoms with E-state index in [0.29, 0.717) is 21.5 Å². The Hall–Kier alpha value is -2.93. The van der Waals surface area contributed by atoms with E-state index in [9.17, 15) is 4.79 Å². The molecule has 120 valence electrons. The molecule has 6 nitrogen and oxygen atoms in total. The normalized spacial score (nSPS) is 12.2. The molecule has 0 saturated carbocycles.